The first-order valence-corrected chi connectivity index (χ1v) is 5.19. The number of nitrogens with one attached hydrogen (secondary N) is 1. The van der Waals surface area contributed by atoms with Crippen molar-refractivity contribution in [1.82, 2.24) is 5.32 Å². The van der Waals surface area contributed by atoms with Crippen LogP contribution < -0.4 is 10.1 Å². The van der Waals surface area contributed by atoms with Gasteiger partial charge in [0.15, 0.2) is 0 Å². The minimum atomic E-state index is -0.0775. The maximum Gasteiger partial charge on any atom is 0.255 e. The van der Waals surface area contributed by atoms with E-state index in [0.29, 0.717) is 17.9 Å². The fourth-order valence-electron chi connectivity index (χ4n) is 1.36. The van der Waals surface area contributed by atoms with E-state index in [-0.39, 0.29) is 11.9 Å². The second-order valence-electron chi connectivity index (χ2n) is 3.33. The molecular formula is C10H10BrNO2. The summed E-state index contributed by atoms with van der Waals surface area (Å²) in [5, 5.41) is 2.84. The van der Waals surface area contributed by atoms with Crippen LogP contribution in [0.2, 0.25) is 0 Å². The van der Waals surface area contributed by atoms with Crippen molar-refractivity contribution in [2.45, 2.75) is 13.0 Å². The summed E-state index contributed by atoms with van der Waals surface area (Å²) in [5.74, 6) is 0.571. The summed E-state index contributed by atoms with van der Waals surface area (Å²) in [5.41, 5.74) is 0.587. The number of fused-ring (bicyclic) bond motifs is 1. The number of carbonyl (C=O) groups excluding carboxylic acids is 1. The molecule has 0 spiro atoms. The van der Waals surface area contributed by atoms with Crippen LogP contribution in [0.3, 0.4) is 0 Å². The first-order valence-electron chi connectivity index (χ1n) is 4.40. The second-order valence-corrected chi connectivity index (χ2v) is 4.24. The SMILES string of the molecule is CC1COc2ccc(Br)cc2C(=O)N1. The van der Waals surface area contributed by atoms with Gasteiger partial charge >= 0.3 is 0 Å². The molecule has 1 aliphatic heterocycles. The summed E-state index contributed by atoms with van der Waals surface area (Å²) in [7, 11) is 0. The Bertz CT molecular complexity index is 378. The second kappa shape index (κ2) is 3.61. The smallest absolute Gasteiger partial charge is 0.255 e. The lowest BCUT2D eigenvalue weighted by molar-refractivity contribution is 0.0942. The molecule has 1 N–H and O–H groups in total. The summed E-state index contributed by atoms with van der Waals surface area (Å²) in [6.07, 6.45) is 0. The van der Waals surface area contributed by atoms with Crippen molar-refractivity contribution in [3.8, 4) is 5.75 Å². The van der Waals surface area contributed by atoms with Crippen molar-refractivity contribution in [3.05, 3.63) is 28.2 Å². The van der Waals surface area contributed by atoms with Crippen LogP contribution in [0.1, 0.15) is 17.3 Å². The molecule has 0 radical (unpaired) electrons. The number of rotatable bonds is 0. The molecule has 1 aromatic carbocycles. The lowest BCUT2D eigenvalue weighted by Crippen LogP contribution is -2.33. The molecule has 1 atom stereocenters. The minimum Gasteiger partial charge on any atom is -0.491 e. The van der Waals surface area contributed by atoms with E-state index in [1.54, 1.807) is 12.1 Å². The maximum atomic E-state index is 11.7. The zero-order chi connectivity index (χ0) is 10.1. The highest BCUT2D eigenvalue weighted by Crippen LogP contribution is 2.24. The topological polar surface area (TPSA) is 38.3 Å². The van der Waals surface area contributed by atoms with E-state index in [4.69, 9.17) is 4.74 Å². The van der Waals surface area contributed by atoms with Crippen LogP contribution in [0, 0.1) is 0 Å². The zero-order valence-corrected chi connectivity index (χ0v) is 9.30. The molecule has 14 heavy (non-hydrogen) atoms. The largest absolute Gasteiger partial charge is 0.491 e. The van der Waals surface area contributed by atoms with Gasteiger partial charge in [0.2, 0.25) is 0 Å². The Morgan fingerprint density at radius 2 is 2.36 bits per heavy atom. The zero-order valence-electron chi connectivity index (χ0n) is 7.71. The maximum absolute atomic E-state index is 11.7. The number of hydrogen-bond acceptors (Lipinski definition) is 2. The summed E-state index contributed by atoms with van der Waals surface area (Å²) >= 11 is 3.32. The van der Waals surface area contributed by atoms with Gasteiger partial charge in [0.25, 0.3) is 5.91 Å². The van der Waals surface area contributed by atoms with E-state index in [2.05, 4.69) is 21.2 Å². The molecule has 1 unspecified atom stereocenters. The summed E-state index contributed by atoms with van der Waals surface area (Å²) in [6, 6.07) is 5.48. The third-order valence-corrected chi connectivity index (χ3v) is 2.55. The van der Waals surface area contributed by atoms with Crippen molar-refractivity contribution in [2.75, 3.05) is 6.61 Å². The van der Waals surface area contributed by atoms with Crippen LogP contribution in [0.4, 0.5) is 0 Å². The number of hydrogen-bond donors (Lipinski definition) is 1. The van der Waals surface area contributed by atoms with Crippen LogP contribution in [-0.4, -0.2) is 18.6 Å². The average molecular weight is 256 g/mol. The highest BCUT2D eigenvalue weighted by Gasteiger charge is 2.19. The molecule has 0 saturated carbocycles. The van der Waals surface area contributed by atoms with E-state index in [1.165, 1.54) is 0 Å². The molecule has 2 rings (SSSR count). The third kappa shape index (κ3) is 1.75. The number of ether oxygens (including phenoxy) is 1. The van der Waals surface area contributed by atoms with Gasteiger partial charge < -0.3 is 10.1 Å². The lowest BCUT2D eigenvalue weighted by Gasteiger charge is -2.07. The Hall–Kier alpha value is -1.03. The minimum absolute atomic E-state index is 0.0497. The molecule has 1 aromatic rings. The number of amides is 1. The van der Waals surface area contributed by atoms with E-state index in [1.807, 2.05) is 13.0 Å². The van der Waals surface area contributed by atoms with Crippen LogP contribution in [0.15, 0.2) is 22.7 Å². The van der Waals surface area contributed by atoms with Gasteiger partial charge in [-0.3, -0.25) is 4.79 Å². The van der Waals surface area contributed by atoms with Gasteiger partial charge in [-0.2, -0.15) is 0 Å². The molecule has 0 fully saturated rings. The van der Waals surface area contributed by atoms with Crippen LogP contribution >= 0.6 is 15.9 Å². The molecule has 0 saturated heterocycles. The molecule has 1 aliphatic rings. The molecular weight excluding hydrogens is 246 g/mol. The molecule has 4 heteroatoms. The molecule has 1 heterocycles. The van der Waals surface area contributed by atoms with Gasteiger partial charge in [-0.25, -0.2) is 0 Å². The van der Waals surface area contributed by atoms with Crippen molar-refractivity contribution in [1.29, 1.82) is 0 Å². The van der Waals surface area contributed by atoms with Gasteiger partial charge in [-0.05, 0) is 25.1 Å². The van der Waals surface area contributed by atoms with E-state index < -0.39 is 0 Å². The fourth-order valence-corrected chi connectivity index (χ4v) is 1.72. The van der Waals surface area contributed by atoms with Crippen molar-refractivity contribution in [2.24, 2.45) is 0 Å². The van der Waals surface area contributed by atoms with Gasteiger partial charge in [0.1, 0.15) is 12.4 Å². The third-order valence-electron chi connectivity index (χ3n) is 2.05. The number of benzene rings is 1. The Kier molecular flexibility index (Phi) is 2.46. The average Bonchev–Trinajstić information content (AvgIpc) is 2.27. The monoisotopic (exact) mass is 255 g/mol. The Labute approximate surface area is 90.6 Å². The van der Waals surface area contributed by atoms with Gasteiger partial charge in [-0.15, -0.1) is 0 Å². The predicted molar refractivity (Wildman–Crippen MR) is 56.6 cm³/mol. The first-order chi connectivity index (χ1) is 6.66. The van der Waals surface area contributed by atoms with Crippen molar-refractivity contribution < 1.29 is 9.53 Å². The van der Waals surface area contributed by atoms with E-state index >= 15 is 0 Å². The summed E-state index contributed by atoms with van der Waals surface area (Å²) in [6.45, 7) is 2.43. The molecule has 1 amide bonds. The van der Waals surface area contributed by atoms with Crippen molar-refractivity contribution in [3.63, 3.8) is 0 Å². The fraction of sp³-hybridized carbons (Fsp3) is 0.300. The predicted octanol–water partition coefficient (Wildman–Crippen LogP) is 1.96. The Morgan fingerprint density at radius 1 is 1.57 bits per heavy atom. The highest BCUT2D eigenvalue weighted by molar-refractivity contribution is 9.10. The Morgan fingerprint density at radius 3 is 3.14 bits per heavy atom. The molecule has 0 bridgehead atoms. The Balaban J connectivity index is 2.44. The number of carbonyl (C=O) groups is 1. The van der Waals surface area contributed by atoms with Gasteiger partial charge in [-0.1, -0.05) is 15.9 Å². The quantitative estimate of drug-likeness (QED) is 0.770. The van der Waals surface area contributed by atoms with Crippen LogP contribution in [0.5, 0.6) is 5.75 Å². The molecule has 74 valence electrons. The van der Waals surface area contributed by atoms with E-state index in [0.717, 1.165) is 4.47 Å². The molecule has 0 aliphatic carbocycles. The van der Waals surface area contributed by atoms with Crippen LogP contribution in [0.25, 0.3) is 0 Å². The molecule has 0 aromatic heterocycles. The van der Waals surface area contributed by atoms with Gasteiger partial charge in [0.05, 0.1) is 11.6 Å². The summed E-state index contributed by atoms with van der Waals surface area (Å²) < 4.78 is 6.36. The normalized spacial score (nSPS) is 20.4. The molecule has 3 nitrogen and oxygen atoms in total. The highest BCUT2D eigenvalue weighted by atomic mass is 79.9. The van der Waals surface area contributed by atoms with Crippen molar-refractivity contribution >= 4 is 21.8 Å². The van der Waals surface area contributed by atoms with Gasteiger partial charge in [0, 0.05) is 4.47 Å². The first kappa shape index (κ1) is 9.52. The van der Waals surface area contributed by atoms with Crippen LogP contribution in [-0.2, 0) is 0 Å². The standard InChI is InChI=1S/C10H10BrNO2/c1-6-5-14-9-3-2-7(11)4-8(9)10(13)12-6/h2-4,6H,5H2,1H3,(H,12,13). The van der Waals surface area contributed by atoms with E-state index in [9.17, 15) is 4.79 Å². The number of halogens is 1. The lowest BCUT2D eigenvalue weighted by atomic mass is 10.2. The summed E-state index contributed by atoms with van der Waals surface area (Å²) in [4.78, 5) is 11.7.